The van der Waals surface area contributed by atoms with Crippen LogP contribution >= 0.6 is 0 Å². The summed E-state index contributed by atoms with van der Waals surface area (Å²) >= 11 is 0. The minimum Gasteiger partial charge on any atom is -0.452 e. The van der Waals surface area contributed by atoms with Crippen LogP contribution in [0.2, 0.25) is 0 Å². The van der Waals surface area contributed by atoms with Gasteiger partial charge in [-0.2, -0.15) is 0 Å². The maximum atomic E-state index is 12.3. The van der Waals surface area contributed by atoms with Crippen molar-refractivity contribution in [3.8, 4) is 0 Å². The molecule has 0 aliphatic heterocycles. The van der Waals surface area contributed by atoms with Gasteiger partial charge in [0.1, 0.15) is 0 Å². The van der Waals surface area contributed by atoms with Gasteiger partial charge in [-0.25, -0.2) is 0 Å². The Morgan fingerprint density at radius 1 is 1.00 bits per heavy atom. The van der Waals surface area contributed by atoms with Crippen molar-refractivity contribution >= 4 is 29.4 Å². The number of esters is 1. The first-order valence-corrected chi connectivity index (χ1v) is 8.98. The highest BCUT2D eigenvalue weighted by molar-refractivity contribution is 5.96. The van der Waals surface area contributed by atoms with Crippen molar-refractivity contribution in [1.82, 2.24) is 5.32 Å². The molecule has 0 bridgehead atoms. The monoisotopic (exact) mass is 397 g/mol. The van der Waals surface area contributed by atoms with Crippen molar-refractivity contribution in [3.63, 3.8) is 0 Å². The van der Waals surface area contributed by atoms with E-state index in [9.17, 15) is 19.2 Å². The molecule has 0 spiro atoms. The third-order valence-electron chi connectivity index (χ3n) is 4.06. The van der Waals surface area contributed by atoms with E-state index in [0.29, 0.717) is 11.3 Å². The molecule has 0 aromatic heterocycles. The van der Waals surface area contributed by atoms with Gasteiger partial charge in [0.2, 0.25) is 11.8 Å². The van der Waals surface area contributed by atoms with Crippen molar-refractivity contribution in [1.29, 1.82) is 0 Å². The maximum Gasteiger partial charge on any atom is 0.309 e. The van der Waals surface area contributed by atoms with Crippen LogP contribution in [0.25, 0.3) is 0 Å². The quantitative estimate of drug-likeness (QED) is 0.587. The van der Waals surface area contributed by atoms with Gasteiger partial charge in [-0.3, -0.25) is 19.2 Å². The third kappa shape index (κ3) is 6.76. The Hall–Kier alpha value is -3.68. The zero-order valence-electron chi connectivity index (χ0n) is 16.2. The average molecular weight is 397 g/mol. The van der Waals surface area contributed by atoms with Gasteiger partial charge in [-0.1, -0.05) is 30.3 Å². The lowest BCUT2D eigenvalue weighted by atomic mass is 10.0. The van der Waals surface area contributed by atoms with Crippen molar-refractivity contribution in [2.24, 2.45) is 5.73 Å². The molecule has 29 heavy (non-hydrogen) atoms. The second-order valence-electron chi connectivity index (χ2n) is 6.43. The molecule has 8 heteroatoms. The SMILES string of the molecule is CC(=O)N[C@@H](CC(=O)O[C@@H](C)C(=O)Nc1ccc(C(N)=O)cc1)c1ccccc1. The summed E-state index contributed by atoms with van der Waals surface area (Å²) in [7, 11) is 0. The number of amides is 3. The summed E-state index contributed by atoms with van der Waals surface area (Å²) in [5, 5.41) is 5.30. The summed E-state index contributed by atoms with van der Waals surface area (Å²) < 4.78 is 5.20. The van der Waals surface area contributed by atoms with E-state index in [2.05, 4.69) is 10.6 Å². The van der Waals surface area contributed by atoms with E-state index >= 15 is 0 Å². The van der Waals surface area contributed by atoms with E-state index in [4.69, 9.17) is 10.5 Å². The number of benzene rings is 2. The summed E-state index contributed by atoms with van der Waals surface area (Å²) in [5.74, 6) is -2.01. The summed E-state index contributed by atoms with van der Waals surface area (Å²) in [6.07, 6.45) is -1.17. The van der Waals surface area contributed by atoms with E-state index in [1.54, 1.807) is 24.3 Å². The minimum absolute atomic E-state index is 0.117. The number of hydrogen-bond donors (Lipinski definition) is 3. The Labute approximate surface area is 168 Å². The average Bonchev–Trinajstić information content (AvgIpc) is 2.68. The Kier molecular flexibility index (Phi) is 7.47. The third-order valence-corrected chi connectivity index (χ3v) is 4.06. The largest absolute Gasteiger partial charge is 0.452 e. The van der Waals surface area contributed by atoms with E-state index in [1.165, 1.54) is 38.1 Å². The van der Waals surface area contributed by atoms with Crippen LogP contribution in [0.1, 0.15) is 42.2 Å². The van der Waals surface area contributed by atoms with Crippen LogP contribution in [-0.2, 0) is 19.1 Å². The maximum absolute atomic E-state index is 12.3. The van der Waals surface area contributed by atoms with Crippen molar-refractivity contribution in [2.75, 3.05) is 5.32 Å². The molecule has 4 N–H and O–H groups in total. The van der Waals surface area contributed by atoms with Crippen LogP contribution < -0.4 is 16.4 Å². The van der Waals surface area contributed by atoms with Gasteiger partial charge in [0, 0.05) is 18.2 Å². The number of anilines is 1. The van der Waals surface area contributed by atoms with Gasteiger partial charge in [0.05, 0.1) is 12.5 Å². The van der Waals surface area contributed by atoms with E-state index < -0.39 is 29.9 Å². The molecule has 0 aliphatic rings. The summed E-state index contributed by atoms with van der Waals surface area (Å²) in [6.45, 7) is 2.81. The van der Waals surface area contributed by atoms with Crippen molar-refractivity contribution in [3.05, 3.63) is 65.7 Å². The smallest absolute Gasteiger partial charge is 0.309 e. The van der Waals surface area contributed by atoms with Crippen LogP contribution in [0.15, 0.2) is 54.6 Å². The number of carbonyl (C=O) groups excluding carboxylic acids is 4. The Bertz CT molecular complexity index is 881. The molecule has 0 saturated carbocycles. The topological polar surface area (TPSA) is 128 Å². The van der Waals surface area contributed by atoms with Crippen LogP contribution in [0, 0.1) is 0 Å². The number of nitrogens with two attached hydrogens (primary N) is 1. The number of primary amides is 1. The lowest BCUT2D eigenvalue weighted by Gasteiger charge is -2.19. The van der Waals surface area contributed by atoms with Gasteiger partial charge < -0.3 is 21.1 Å². The molecule has 0 aliphatic carbocycles. The highest BCUT2D eigenvalue weighted by atomic mass is 16.5. The molecule has 3 amide bonds. The first-order chi connectivity index (χ1) is 13.8. The van der Waals surface area contributed by atoms with Crippen LogP contribution in [0.4, 0.5) is 5.69 Å². The van der Waals surface area contributed by atoms with Gasteiger partial charge in [-0.05, 0) is 36.8 Å². The van der Waals surface area contributed by atoms with E-state index in [0.717, 1.165) is 5.56 Å². The molecule has 152 valence electrons. The molecular weight excluding hydrogens is 374 g/mol. The number of carbonyl (C=O) groups is 4. The van der Waals surface area contributed by atoms with Gasteiger partial charge >= 0.3 is 5.97 Å². The summed E-state index contributed by atoms with van der Waals surface area (Å²) in [4.78, 5) is 47.1. The number of hydrogen-bond acceptors (Lipinski definition) is 5. The van der Waals surface area contributed by atoms with Gasteiger partial charge in [0.15, 0.2) is 6.10 Å². The number of rotatable bonds is 8. The zero-order valence-corrected chi connectivity index (χ0v) is 16.2. The van der Waals surface area contributed by atoms with Crippen molar-refractivity contribution in [2.45, 2.75) is 32.4 Å². The fourth-order valence-corrected chi connectivity index (χ4v) is 2.61. The van der Waals surface area contributed by atoms with Gasteiger partial charge in [0.25, 0.3) is 5.91 Å². The Morgan fingerprint density at radius 2 is 1.62 bits per heavy atom. The first-order valence-electron chi connectivity index (χ1n) is 8.98. The molecule has 0 radical (unpaired) electrons. The molecule has 2 aromatic carbocycles. The highest BCUT2D eigenvalue weighted by Crippen LogP contribution is 2.18. The molecule has 0 unspecified atom stereocenters. The predicted octanol–water partition coefficient (Wildman–Crippen LogP) is 1.92. The molecular formula is C21H23N3O5. The summed E-state index contributed by atoms with van der Waals surface area (Å²) in [6, 6.07) is 14.5. The molecule has 0 saturated heterocycles. The van der Waals surface area contributed by atoms with Crippen LogP contribution in [0.5, 0.6) is 0 Å². The first kappa shape index (κ1) is 21.6. The standard InChI is InChI=1S/C21H23N3O5/c1-13(21(28)24-17-10-8-16(9-11-17)20(22)27)29-19(26)12-18(23-14(2)25)15-6-4-3-5-7-15/h3-11,13,18H,12H2,1-2H3,(H2,22,27)(H,23,25)(H,24,28)/t13-,18-/m0/s1. The molecule has 2 rings (SSSR count). The lowest BCUT2D eigenvalue weighted by molar-refractivity contribution is -0.153. The molecule has 0 heterocycles. The summed E-state index contributed by atoms with van der Waals surface area (Å²) in [5.41, 5.74) is 6.67. The molecule has 0 fully saturated rings. The van der Waals surface area contributed by atoms with Crippen molar-refractivity contribution < 1.29 is 23.9 Å². The Morgan fingerprint density at radius 3 is 2.17 bits per heavy atom. The fraction of sp³-hybridized carbons (Fsp3) is 0.238. The lowest BCUT2D eigenvalue weighted by Crippen LogP contribution is -2.33. The molecule has 8 nitrogen and oxygen atoms in total. The second kappa shape index (κ2) is 10.0. The number of nitrogens with one attached hydrogen (secondary N) is 2. The molecule has 2 aromatic rings. The second-order valence-corrected chi connectivity index (χ2v) is 6.43. The van der Waals surface area contributed by atoms with Crippen LogP contribution in [-0.4, -0.2) is 29.8 Å². The van der Waals surface area contributed by atoms with Crippen LogP contribution in [0.3, 0.4) is 0 Å². The highest BCUT2D eigenvalue weighted by Gasteiger charge is 2.22. The normalized spacial score (nSPS) is 12.3. The fourth-order valence-electron chi connectivity index (χ4n) is 2.61. The van der Waals surface area contributed by atoms with Gasteiger partial charge in [-0.15, -0.1) is 0 Å². The van der Waals surface area contributed by atoms with E-state index in [1.807, 2.05) is 6.07 Å². The van der Waals surface area contributed by atoms with E-state index in [-0.39, 0.29) is 12.3 Å². The molecule has 2 atom stereocenters. The Balaban J connectivity index is 1.94. The zero-order chi connectivity index (χ0) is 21.4. The minimum atomic E-state index is -1.05. The predicted molar refractivity (Wildman–Crippen MR) is 107 cm³/mol. The number of ether oxygens (including phenoxy) is 1.